The van der Waals surface area contributed by atoms with Gasteiger partial charge in [-0.2, -0.15) is 0 Å². The summed E-state index contributed by atoms with van der Waals surface area (Å²) < 4.78 is 37.7. The molecule has 21 heavy (non-hydrogen) atoms. The summed E-state index contributed by atoms with van der Waals surface area (Å²) in [4.78, 5) is 0.201. The van der Waals surface area contributed by atoms with Crippen molar-refractivity contribution in [2.75, 3.05) is 25.6 Å². The Morgan fingerprint density at radius 2 is 1.76 bits per heavy atom. The van der Waals surface area contributed by atoms with E-state index in [1.54, 1.807) is 6.07 Å². The quantitative estimate of drug-likeness (QED) is 0.586. The van der Waals surface area contributed by atoms with Gasteiger partial charge in [-0.15, -0.1) is 11.6 Å². The molecule has 0 amide bonds. The number of fused-ring (bicyclic) bond motifs is 1. The molecule has 1 aromatic carbocycles. The molecule has 2 rings (SSSR count). The van der Waals surface area contributed by atoms with Gasteiger partial charge in [0.05, 0.1) is 4.90 Å². The summed E-state index contributed by atoms with van der Waals surface area (Å²) in [6.07, 6.45) is 3.77. The third-order valence-electron chi connectivity index (χ3n) is 3.18. The molecule has 0 aliphatic carbocycles. The molecule has 0 bridgehead atoms. The van der Waals surface area contributed by atoms with Crippen LogP contribution in [0.25, 0.3) is 0 Å². The van der Waals surface area contributed by atoms with Crippen molar-refractivity contribution in [3.63, 3.8) is 0 Å². The van der Waals surface area contributed by atoms with Crippen LogP contribution in [0.3, 0.4) is 0 Å². The highest BCUT2D eigenvalue weighted by atomic mass is 35.5. The first kappa shape index (κ1) is 16.4. The first-order chi connectivity index (χ1) is 10.1. The van der Waals surface area contributed by atoms with Crippen molar-refractivity contribution in [1.82, 2.24) is 4.72 Å². The molecule has 0 saturated carbocycles. The molecule has 0 aromatic heterocycles. The summed E-state index contributed by atoms with van der Waals surface area (Å²) >= 11 is 5.59. The summed E-state index contributed by atoms with van der Waals surface area (Å²) in [5.74, 6) is 1.72. The Hall–Kier alpha value is -0.980. The number of rotatable bonds is 8. The lowest BCUT2D eigenvalue weighted by Crippen LogP contribution is -2.25. The number of unbranched alkanes of at least 4 members (excludes halogenated alkanes) is 3. The van der Waals surface area contributed by atoms with Crippen molar-refractivity contribution in [2.45, 2.75) is 30.6 Å². The lowest BCUT2D eigenvalue weighted by molar-refractivity contribution is 0.171. The van der Waals surface area contributed by atoms with Gasteiger partial charge in [-0.25, -0.2) is 13.1 Å². The average molecular weight is 334 g/mol. The second-order valence-corrected chi connectivity index (χ2v) is 6.95. The molecule has 1 N–H and O–H groups in total. The van der Waals surface area contributed by atoms with E-state index in [1.807, 2.05) is 0 Å². The molecule has 0 fully saturated rings. The molecule has 118 valence electrons. The second kappa shape index (κ2) is 7.87. The minimum atomic E-state index is -3.50. The third kappa shape index (κ3) is 4.76. The molecule has 5 nitrogen and oxygen atoms in total. The lowest BCUT2D eigenvalue weighted by atomic mass is 10.2. The van der Waals surface area contributed by atoms with E-state index >= 15 is 0 Å². The Morgan fingerprint density at radius 3 is 2.52 bits per heavy atom. The van der Waals surface area contributed by atoms with Crippen LogP contribution in [0, 0.1) is 0 Å². The number of hydrogen-bond donors (Lipinski definition) is 1. The van der Waals surface area contributed by atoms with Gasteiger partial charge in [0.2, 0.25) is 10.0 Å². The number of sulfonamides is 1. The molecule has 0 unspecified atom stereocenters. The van der Waals surface area contributed by atoms with E-state index in [0.29, 0.717) is 37.1 Å². The van der Waals surface area contributed by atoms with Gasteiger partial charge in [0.25, 0.3) is 0 Å². The Bertz CT molecular complexity index is 562. The molecule has 1 aliphatic heterocycles. The average Bonchev–Trinajstić information content (AvgIpc) is 2.50. The summed E-state index contributed by atoms with van der Waals surface area (Å²) in [6.45, 7) is 1.35. The maximum atomic E-state index is 12.2. The number of hydrogen-bond acceptors (Lipinski definition) is 4. The molecule has 1 aliphatic rings. The van der Waals surface area contributed by atoms with Gasteiger partial charge in [-0.05, 0) is 25.0 Å². The largest absolute Gasteiger partial charge is 0.486 e. The zero-order chi connectivity index (χ0) is 15.1. The predicted octanol–water partition coefficient (Wildman–Crippen LogP) is 2.54. The number of nitrogens with one attached hydrogen (secondary N) is 1. The molecule has 0 atom stereocenters. The molecule has 0 spiro atoms. The van der Waals surface area contributed by atoms with Crippen LogP contribution in [0.15, 0.2) is 23.1 Å². The third-order valence-corrected chi connectivity index (χ3v) is 4.90. The fourth-order valence-corrected chi connectivity index (χ4v) is 3.33. The van der Waals surface area contributed by atoms with Gasteiger partial charge in [0.1, 0.15) is 13.2 Å². The second-order valence-electron chi connectivity index (χ2n) is 4.81. The summed E-state index contributed by atoms with van der Waals surface area (Å²) in [5.41, 5.74) is 0. The van der Waals surface area contributed by atoms with Crippen LogP contribution in [0.5, 0.6) is 11.5 Å². The van der Waals surface area contributed by atoms with Crippen molar-refractivity contribution >= 4 is 21.6 Å². The van der Waals surface area contributed by atoms with Crippen LogP contribution < -0.4 is 14.2 Å². The smallest absolute Gasteiger partial charge is 0.240 e. The van der Waals surface area contributed by atoms with Gasteiger partial charge in [0.15, 0.2) is 11.5 Å². The molecule has 0 radical (unpaired) electrons. The van der Waals surface area contributed by atoms with Gasteiger partial charge < -0.3 is 9.47 Å². The monoisotopic (exact) mass is 333 g/mol. The topological polar surface area (TPSA) is 64.6 Å². The van der Waals surface area contributed by atoms with Crippen LogP contribution in [-0.2, 0) is 10.0 Å². The summed E-state index contributed by atoms with van der Waals surface area (Å²) in [6, 6.07) is 4.66. The molecule has 0 saturated heterocycles. The fourth-order valence-electron chi connectivity index (χ4n) is 2.05. The van der Waals surface area contributed by atoms with E-state index in [9.17, 15) is 8.42 Å². The number of halogens is 1. The van der Waals surface area contributed by atoms with E-state index in [0.717, 1.165) is 25.7 Å². The maximum Gasteiger partial charge on any atom is 0.240 e. The Kier molecular flexibility index (Phi) is 6.14. The van der Waals surface area contributed by atoms with E-state index in [-0.39, 0.29) is 4.90 Å². The molecule has 7 heteroatoms. The Balaban J connectivity index is 1.90. The highest BCUT2D eigenvalue weighted by Gasteiger charge is 2.18. The van der Waals surface area contributed by atoms with Crippen molar-refractivity contribution in [3.8, 4) is 11.5 Å². The van der Waals surface area contributed by atoms with Crippen molar-refractivity contribution in [3.05, 3.63) is 18.2 Å². The molecule has 1 aromatic rings. The molecular weight excluding hydrogens is 314 g/mol. The highest BCUT2D eigenvalue weighted by molar-refractivity contribution is 7.89. The van der Waals surface area contributed by atoms with Crippen LogP contribution in [0.4, 0.5) is 0 Å². The van der Waals surface area contributed by atoms with Crippen LogP contribution in [-0.4, -0.2) is 34.1 Å². The zero-order valence-electron chi connectivity index (χ0n) is 11.8. The normalized spacial score (nSPS) is 14.1. The van der Waals surface area contributed by atoms with E-state index in [4.69, 9.17) is 21.1 Å². The van der Waals surface area contributed by atoms with Crippen LogP contribution in [0.2, 0.25) is 0 Å². The predicted molar refractivity (Wildman–Crippen MR) is 81.8 cm³/mol. The first-order valence-corrected chi connectivity index (χ1v) is 9.10. The van der Waals surface area contributed by atoms with E-state index in [2.05, 4.69) is 4.72 Å². The van der Waals surface area contributed by atoms with Gasteiger partial charge in [-0.3, -0.25) is 0 Å². The number of alkyl halides is 1. The standard InChI is InChI=1S/C14H20ClNO4S/c15-7-3-1-2-4-8-16-21(17,18)12-5-6-13-14(11-12)20-10-9-19-13/h5-6,11,16H,1-4,7-10H2. The van der Waals surface area contributed by atoms with Gasteiger partial charge in [0, 0.05) is 18.5 Å². The summed E-state index contributed by atoms with van der Waals surface area (Å²) in [7, 11) is -3.50. The highest BCUT2D eigenvalue weighted by Crippen LogP contribution is 2.32. The Morgan fingerprint density at radius 1 is 1.05 bits per heavy atom. The minimum absolute atomic E-state index is 0.201. The lowest BCUT2D eigenvalue weighted by Gasteiger charge is -2.18. The fraction of sp³-hybridized carbons (Fsp3) is 0.571. The molecule has 1 heterocycles. The number of ether oxygens (including phenoxy) is 2. The van der Waals surface area contributed by atoms with E-state index < -0.39 is 10.0 Å². The van der Waals surface area contributed by atoms with E-state index in [1.165, 1.54) is 12.1 Å². The zero-order valence-corrected chi connectivity index (χ0v) is 13.4. The van der Waals surface area contributed by atoms with Crippen LogP contribution >= 0.6 is 11.6 Å². The maximum absolute atomic E-state index is 12.2. The van der Waals surface area contributed by atoms with Gasteiger partial charge in [-0.1, -0.05) is 12.8 Å². The van der Waals surface area contributed by atoms with Crippen molar-refractivity contribution < 1.29 is 17.9 Å². The van der Waals surface area contributed by atoms with Gasteiger partial charge >= 0.3 is 0 Å². The minimum Gasteiger partial charge on any atom is -0.486 e. The summed E-state index contributed by atoms with van der Waals surface area (Å²) in [5, 5.41) is 0. The SMILES string of the molecule is O=S(=O)(NCCCCCCCl)c1ccc2c(c1)OCCO2. The number of benzene rings is 1. The molecular formula is C14H20ClNO4S. The van der Waals surface area contributed by atoms with Crippen molar-refractivity contribution in [1.29, 1.82) is 0 Å². The Labute approximate surface area is 130 Å². The first-order valence-electron chi connectivity index (χ1n) is 7.09. The van der Waals surface area contributed by atoms with Crippen LogP contribution in [0.1, 0.15) is 25.7 Å². The van der Waals surface area contributed by atoms with Crippen molar-refractivity contribution in [2.24, 2.45) is 0 Å².